The average molecular weight is 538 g/mol. The number of imidazole rings is 1. The van der Waals surface area contributed by atoms with Crippen LogP contribution >= 0.6 is 11.3 Å². The normalized spacial score (nSPS) is 21.9. The molecule has 1 atom stereocenters. The number of piperazine rings is 1. The summed E-state index contributed by atoms with van der Waals surface area (Å²) in [5.41, 5.74) is 1.02. The van der Waals surface area contributed by atoms with Crippen LogP contribution in [0.3, 0.4) is 0 Å². The standard InChI is InChI=1S/C22H25F2N7O3S2/c1-22(5-6-22)28-36(33,34)14-9-15(29-7-8-30-13(11-29)3-2-4-17(30)32)19-25-10-16(31(19)12-14)20-26-27-21(35-20)18(23)24/h9-10,12-13,18,28H,2-8,11H2,1H3/t13-/m0/s1. The van der Waals surface area contributed by atoms with Gasteiger partial charge in [0.15, 0.2) is 15.7 Å². The molecule has 192 valence electrons. The first-order chi connectivity index (χ1) is 17.1. The van der Waals surface area contributed by atoms with Gasteiger partial charge in [-0.25, -0.2) is 26.9 Å². The molecule has 2 saturated heterocycles. The molecule has 14 heteroatoms. The molecule has 36 heavy (non-hydrogen) atoms. The number of hydrogen-bond donors (Lipinski definition) is 1. The average Bonchev–Trinajstić information content (AvgIpc) is 3.23. The predicted molar refractivity (Wildman–Crippen MR) is 129 cm³/mol. The van der Waals surface area contributed by atoms with Gasteiger partial charge >= 0.3 is 0 Å². The smallest absolute Gasteiger partial charge is 0.291 e. The summed E-state index contributed by atoms with van der Waals surface area (Å²) in [5.74, 6) is 0.156. The number of anilines is 1. The molecule has 0 bridgehead atoms. The summed E-state index contributed by atoms with van der Waals surface area (Å²) in [5, 5.41) is 7.28. The van der Waals surface area contributed by atoms with Crippen molar-refractivity contribution in [2.75, 3.05) is 24.5 Å². The van der Waals surface area contributed by atoms with Crippen molar-refractivity contribution in [3.8, 4) is 10.7 Å². The van der Waals surface area contributed by atoms with Crippen LogP contribution in [0.2, 0.25) is 0 Å². The number of carbonyl (C=O) groups is 1. The van der Waals surface area contributed by atoms with Gasteiger partial charge in [-0.15, -0.1) is 10.2 Å². The molecule has 1 saturated carbocycles. The van der Waals surface area contributed by atoms with Crippen LogP contribution in [-0.2, 0) is 14.8 Å². The summed E-state index contributed by atoms with van der Waals surface area (Å²) in [4.78, 5) is 20.9. The quantitative estimate of drug-likeness (QED) is 0.515. The van der Waals surface area contributed by atoms with E-state index < -0.39 is 27.0 Å². The number of nitrogens with one attached hydrogen (secondary N) is 1. The summed E-state index contributed by atoms with van der Waals surface area (Å²) < 4.78 is 57.4. The highest BCUT2D eigenvalue weighted by molar-refractivity contribution is 7.89. The van der Waals surface area contributed by atoms with Crippen LogP contribution < -0.4 is 9.62 Å². The molecule has 6 rings (SSSR count). The van der Waals surface area contributed by atoms with Gasteiger partial charge in [0.1, 0.15) is 10.6 Å². The molecule has 0 aromatic carbocycles. The fourth-order valence-electron chi connectivity index (χ4n) is 4.96. The Morgan fingerprint density at radius 1 is 1.25 bits per heavy atom. The fourth-order valence-corrected chi connectivity index (χ4v) is 7.15. The van der Waals surface area contributed by atoms with Crippen LogP contribution in [0.15, 0.2) is 23.4 Å². The maximum atomic E-state index is 13.4. The van der Waals surface area contributed by atoms with Crippen LogP contribution in [0, 0.1) is 0 Å². The Labute approximate surface area is 210 Å². The first kappa shape index (κ1) is 23.7. The minimum absolute atomic E-state index is 0.0509. The lowest BCUT2D eigenvalue weighted by Crippen LogP contribution is -2.57. The lowest BCUT2D eigenvalue weighted by molar-refractivity contribution is -0.136. The molecule has 0 unspecified atom stereocenters. The second-order valence-electron chi connectivity index (χ2n) is 9.89. The number of halogens is 2. The molecule has 1 aliphatic carbocycles. The topological polar surface area (TPSA) is 113 Å². The third-order valence-electron chi connectivity index (χ3n) is 7.17. The van der Waals surface area contributed by atoms with E-state index in [0.717, 1.165) is 37.0 Å². The monoisotopic (exact) mass is 537 g/mol. The number of aromatic nitrogens is 4. The third kappa shape index (κ3) is 4.14. The van der Waals surface area contributed by atoms with E-state index in [1.807, 2.05) is 11.8 Å². The summed E-state index contributed by atoms with van der Waals surface area (Å²) in [7, 11) is -3.87. The molecule has 5 heterocycles. The van der Waals surface area contributed by atoms with Gasteiger partial charge < -0.3 is 9.80 Å². The SMILES string of the molecule is CC1(NS(=O)(=O)c2cc(N3CCN4C(=O)CCC[C@H]4C3)c3ncc(-c4nnc(C(F)F)s4)n3c2)CC1. The van der Waals surface area contributed by atoms with E-state index in [9.17, 15) is 22.0 Å². The first-order valence-electron chi connectivity index (χ1n) is 11.8. The Balaban J connectivity index is 1.45. The van der Waals surface area contributed by atoms with Crippen LogP contribution in [0.1, 0.15) is 50.5 Å². The maximum absolute atomic E-state index is 13.4. The van der Waals surface area contributed by atoms with E-state index in [0.29, 0.717) is 43.1 Å². The van der Waals surface area contributed by atoms with E-state index in [2.05, 4.69) is 24.8 Å². The lowest BCUT2D eigenvalue weighted by Gasteiger charge is -2.44. The number of fused-ring (bicyclic) bond motifs is 2. The Bertz CT molecular complexity index is 1450. The number of carbonyl (C=O) groups excluding carboxylic acids is 1. The Hall–Kier alpha value is -2.71. The Kier molecular flexibility index (Phi) is 5.53. The molecular weight excluding hydrogens is 512 g/mol. The van der Waals surface area contributed by atoms with Crippen LogP contribution in [0.4, 0.5) is 14.5 Å². The van der Waals surface area contributed by atoms with Crippen molar-refractivity contribution in [1.29, 1.82) is 0 Å². The highest BCUT2D eigenvalue weighted by Crippen LogP contribution is 2.38. The Morgan fingerprint density at radius 3 is 2.78 bits per heavy atom. The Morgan fingerprint density at radius 2 is 2.06 bits per heavy atom. The van der Waals surface area contributed by atoms with Gasteiger partial charge in [-0.2, -0.15) is 0 Å². The van der Waals surface area contributed by atoms with Gasteiger partial charge in [-0.05, 0) is 38.7 Å². The molecule has 1 N–H and O–H groups in total. The van der Waals surface area contributed by atoms with Crippen LogP contribution in [-0.4, -0.2) is 70.0 Å². The van der Waals surface area contributed by atoms with Crippen LogP contribution in [0.25, 0.3) is 16.3 Å². The minimum Gasteiger partial charge on any atom is -0.365 e. The highest BCUT2D eigenvalue weighted by atomic mass is 32.2. The number of hydrogen-bond acceptors (Lipinski definition) is 8. The number of alkyl halides is 2. The predicted octanol–water partition coefficient (Wildman–Crippen LogP) is 2.82. The summed E-state index contributed by atoms with van der Waals surface area (Å²) in [6.07, 6.45) is 4.01. The molecule has 0 spiro atoms. The van der Waals surface area contributed by atoms with Crippen LogP contribution in [0.5, 0.6) is 0 Å². The lowest BCUT2D eigenvalue weighted by atomic mass is 9.98. The molecular formula is C22H25F2N7O3S2. The maximum Gasteiger partial charge on any atom is 0.291 e. The number of pyridine rings is 1. The number of piperidine rings is 1. The molecule has 2 aliphatic heterocycles. The van der Waals surface area contributed by atoms with Crippen molar-refractivity contribution in [3.63, 3.8) is 0 Å². The number of sulfonamides is 1. The van der Waals surface area contributed by atoms with Crippen molar-refractivity contribution in [2.24, 2.45) is 0 Å². The summed E-state index contributed by atoms with van der Waals surface area (Å²) in [6.45, 7) is 3.50. The number of amides is 1. The van der Waals surface area contributed by atoms with Gasteiger partial charge in [0, 0.05) is 43.8 Å². The van der Waals surface area contributed by atoms with E-state index in [1.165, 1.54) is 12.4 Å². The van der Waals surface area contributed by atoms with E-state index in [-0.39, 0.29) is 21.9 Å². The van der Waals surface area contributed by atoms with Gasteiger partial charge in [-0.1, -0.05) is 11.3 Å². The fraction of sp³-hybridized carbons (Fsp3) is 0.545. The molecule has 3 aromatic rings. The van der Waals surface area contributed by atoms with E-state index in [1.54, 1.807) is 10.5 Å². The van der Waals surface area contributed by atoms with Gasteiger partial charge in [0.05, 0.1) is 11.9 Å². The molecule has 0 radical (unpaired) electrons. The number of nitrogens with zero attached hydrogens (tertiary/aromatic N) is 6. The van der Waals surface area contributed by atoms with Crippen molar-refractivity contribution < 1.29 is 22.0 Å². The van der Waals surface area contributed by atoms with Crippen molar-refractivity contribution >= 4 is 38.6 Å². The van der Waals surface area contributed by atoms with Gasteiger partial charge in [-0.3, -0.25) is 9.20 Å². The summed E-state index contributed by atoms with van der Waals surface area (Å²) >= 11 is 0.748. The second kappa shape index (κ2) is 8.42. The molecule has 3 aromatic heterocycles. The van der Waals surface area contributed by atoms with E-state index in [4.69, 9.17) is 0 Å². The zero-order valence-corrected chi connectivity index (χ0v) is 21.2. The largest absolute Gasteiger partial charge is 0.365 e. The zero-order chi connectivity index (χ0) is 25.2. The first-order valence-corrected chi connectivity index (χ1v) is 14.1. The summed E-state index contributed by atoms with van der Waals surface area (Å²) in [6, 6.07) is 1.67. The molecule has 1 amide bonds. The molecule has 10 nitrogen and oxygen atoms in total. The molecule has 3 fully saturated rings. The second-order valence-corrected chi connectivity index (χ2v) is 12.6. The van der Waals surface area contributed by atoms with Crippen molar-refractivity contribution in [3.05, 3.63) is 23.5 Å². The number of rotatable bonds is 6. The third-order valence-corrected chi connectivity index (χ3v) is 9.73. The van der Waals surface area contributed by atoms with Gasteiger partial charge in [0.25, 0.3) is 6.43 Å². The molecule has 3 aliphatic rings. The van der Waals surface area contributed by atoms with E-state index >= 15 is 0 Å². The van der Waals surface area contributed by atoms with Crippen molar-refractivity contribution in [1.82, 2.24) is 29.2 Å². The van der Waals surface area contributed by atoms with Gasteiger partial charge in [0.2, 0.25) is 15.9 Å². The minimum atomic E-state index is -3.87. The highest BCUT2D eigenvalue weighted by Gasteiger charge is 2.42. The zero-order valence-electron chi connectivity index (χ0n) is 19.5. The van der Waals surface area contributed by atoms with Crippen molar-refractivity contribution in [2.45, 2.75) is 61.9 Å².